The lowest BCUT2D eigenvalue weighted by Gasteiger charge is -2.26. The first-order valence-electron chi connectivity index (χ1n) is 7.53. The summed E-state index contributed by atoms with van der Waals surface area (Å²) in [6.45, 7) is 0. The molecular weight excluding hydrogens is 386 g/mol. The summed E-state index contributed by atoms with van der Waals surface area (Å²) in [6, 6.07) is 17.7. The van der Waals surface area contributed by atoms with Gasteiger partial charge in [0, 0.05) is 16.4 Å². The van der Waals surface area contributed by atoms with E-state index >= 15 is 0 Å². The Labute approximate surface area is 153 Å². The summed E-state index contributed by atoms with van der Waals surface area (Å²) in [4.78, 5) is 6.58. The number of benzene rings is 1. The van der Waals surface area contributed by atoms with Crippen LogP contribution in [0.2, 0.25) is 0 Å². The molecule has 2 atom stereocenters. The van der Waals surface area contributed by atoms with Gasteiger partial charge in [-0.1, -0.05) is 22.0 Å². The van der Waals surface area contributed by atoms with Gasteiger partial charge in [-0.15, -0.1) is 0 Å². The Kier molecular flexibility index (Phi) is 4.08. The Balaban J connectivity index is 1.80. The Bertz CT molecular complexity index is 836. The Morgan fingerprint density at radius 1 is 1.08 bits per heavy atom. The van der Waals surface area contributed by atoms with E-state index in [0.717, 1.165) is 21.6 Å². The van der Waals surface area contributed by atoms with Crippen LogP contribution in [0.5, 0.6) is 0 Å². The van der Waals surface area contributed by atoms with E-state index < -0.39 is 0 Å². The summed E-state index contributed by atoms with van der Waals surface area (Å²) in [5.41, 5.74) is 1.94. The van der Waals surface area contributed by atoms with Crippen LogP contribution in [0.1, 0.15) is 23.5 Å². The van der Waals surface area contributed by atoms with Gasteiger partial charge >= 0.3 is 0 Å². The van der Waals surface area contributed by atoms with E-state index in [9.17, 15) is 0 Å². The van der Waals surface area contributed by atoms with E-state index in [2.05, 4.69) is 31.1 Å². The molecule has 120 valence electrons. The lowest BCUT2D eigenvalue weighted by atomic mass is 10.0. The topological polar surface area (TPSA) is 41.3 Å². The smallest absolute Gasteiger partial charge is 0.174 e. The van der Waals surface area contributed by atoms with Crippen molar-refractivity contribution in [1.29, 1.82) is 0 Å². The van der Waals surface area contributed by atoms with Crippen LogP contribution in [-0.4, -0.2) is 10.1 Å². The van der Waals surface area contributed by atoms with E-state index in [1.165, 1.54) is 0 Å². The number of hydrogen-bond donors (Lipinski definition) is 1. The highest BCUT2D eigenvalue weighted by atomic mass is 79.9. The Hall–Kier alpha value is -2.18. The molecule has 3 heterocycles. The molecule has 0 amide bonds. The highest BCUT2D eigenvalue weighted by Crippen LogP contribution is 2.41. The monoisotopic (exact) mass is 399 g/mol. The highest BCUT2D eigenvalue weighted by molar-refractivity contribution is 9.10. The molecule has 3 aromatic rings. The molecule has 0 bridgehead atoms. The first-order chi connectivity index (χ1) is 11.7. The largest absolute Gasteiger partial charge is 0.467 e. The normalized spacial score (nSPS) is 20.2. The number of hydrogen-bond acceptors (Lipinski definition) is 3. The molecule has 2 aromatic heterocycles. The molecule has 6 heteroatoms. The third kappa shape index (κ3) is 2.72. The van der Waals surface area contributed by atoms with Gasteiger partial charge < -0.3 is 14.6 Å². The van der Waals surface area contributed by atoms with E-state index in [1.54, 1.807) is 12.5 Å². The van der Waals surface area contributed by atoms with Crippen molar-refractivity contribution in [2.45, 2.75) is 12.1 Å². The SMILES string of the molecule is S=C1N[C@@H](c2ccccn2)[C@H](c2ccco2)N1c1ccc(Br)cc1. The average molecular weight is 400 g/mol. The zero-order chi connectivity index (χ0) is 16.5. The third-order valence-corrected chi connectivity index (χ3v) is 4.88. The van der Waals surface area contributed by atoms with Crippen molar-refractivity contribution in [1.82, 2.24) is 10.3 Å². The second kappa shape index (κ2) is 6.37. The number of aromatic nitrogens is 1. The molecule has 1 fully saturated rings. The second-order valence-corrected chi connectivity index (χ2v) is 6.79. The summed E-state index contributed by atoms with van der Waals surface area (Å²) in [7, 11) is 0. The van der Waals surface area contributed by atoms with Crippen molar-refractivity contribution < 1.29 is 4.42 Å². The minimum absolute atomic E-state index is 0.0755. The number of anilines is 1. The fourth-order valence-electron chi connectivity index (χ4n) is 2.98. The predicted molar refractivity (Wildman–Crippen MR) is 101 cm³/mol. The highest BCUT2D eigenvalue weighted by Gasteiger charge is 2.42. The Morgan fingerprint density at radius 3 is 2.58 bits per heavy atom. The van der Waals surface area contributed by atoms with Gasteiger partial charge in [0.1, 0.15) is 11.8 Å². The maximum absolute atomic E-state index is 5.71. The zero-order valence-corrected chi connectivity index (χ0v) is 15.0. The molecule has 1 saturated heterocycles. The zero-order valence-electron chi connectivity index (χ0n) is 12.6. The Morgan fingerprint density at radius 2 is 1.92 bits per heavy atom. The van der Waals surface area contributed by atoms with Crippen LogP contribution in [0.15, 0.2) is 75.9 Å². The molecule has 4 nitrogen and oxygen atoms in total. The summed E-state index contributed by atoms with van der Waals surface area (Å²) in [5, 5.41) is 4.06. The molecule has 24 heavy (non-hydrogen) atoms. The molecule has 1 aromatic carbocycles. The standard InChI is InChI=1S/C18H14BrN3OS/c19-12-6-8-13(9-7-12)22-17(15-5-3-11-23-15)16(21-18(22)24)14-4-1-2-10-20-14/h1-11,16-17H,(H,21,24)/t16-,17-/m0/s1. The first-order valence-corrected chi connectivity index (χ1v) is 8.74. The molecule has 1 aliphatic heterocycles. The molecule has 0 unspecified atom stereocenters. The van der Waals surface area contributed by atoms with Gasteiger partial charge in [0.25, 0.3) is 0 Å². The third-order valence-electron chi connectivity index (χ3n) is 4.04. The van der Waals surface area contributed by atoms with Crippen molar-refractivity contribution in [3.05, 3.63) is 83.0 Å². The first kappa shape index (κ1) is 15.4. The lowest BCUT2D eigenvalue weighted by molar-refractivity contribution is 0.432. The summed E-state index contributed by atoms with van der Waals surface area (Å²) < 4.78 is 6.74. The summed E-state index contributed by atoms with van der Waals surface area (Å²) in [5.74, 6) is 0.848. The van der Waals surface area contributed by atoms with Gasteiger partial charge in [0.05, 0.1) is 18.0 Å². The quantitative estimate of drug-likeness (QED) is 0.650. The van der Waals surface area contributed by atoms with E-state index in [1.807, 2.05) is 54.6 Å². The van der Waals surface area contributed by atoms with Gasteiger partial charge in [0.2, 0.25) is 0 Å². The van der Waals surface area contributed by atoms with Gasteiger partial charge in [0.15, 0.2) is 5.11 Å². The van der Waals surface area contributed by atoms with Crippen molar-refractivity contribution in [2.24, 2.45) is 0 Å². The number of halogens is 1. The van der Waals surface area contributed by atoms with Crippen LogP contribution in [-0.2, 0) is 0 Å². The number of nitrogens with one attached hydrogen (secondary N) is 1. The van der Waals surface area contributed by atoms with Crippen molar-refractivity contribution >= 4 is 38.9 Å². The maximum atomic E-state index is 5.71. The maximum Gasteiger partial charge on any atom is 0.174 e. The minimum Gasteiger partial charge on any atom is -0.467 e. The van der Waals surface area contributed by atoms with Crippen LogP contribution >= 0.6 is 28.1 Å². The number of nitrogens with zero attached hydrogens (tertiary/aromatic N) is 2. The van der Waals surface area contributed by atoms with Crippen LogP contribution in [0.4, 0.5) is 5.69 Å². The molecule has 1 N–H and O–H groups in total. The molecule has 0 spiro atoms. The lowest BCUT2D eigenvalue weighted by Crippen LogP contribution is -2.29. The minimum atomic E-state index is -0.0939. The molecular formula is C18H14BrN3OS. The average Bonchev–Trinajstić information content (AvgIpc) is 3.24. The predicted octanol–water partition coefficient (Wildman–Crippen LogP) is 4.61. The molecule has 0 radical (unpaired) electrons. The van der Waals surface area contributed by atoms with Crippen molar-refractivity contribution in [3.8, 4) is 0 Å². The fourth-order valence-corrected chi connectivity index (χ4v) is 3.59. The van der Waals surface area contributed by atoms with Gasteiger partial charge in [-0.2, -0.15) is 0 Å². The van der Waals surface area contributed by atoms with Crippen LogP contribution < -0.4 is 10.2 Å². The molecule has 4 rings (SSSR count). The second-order valence-electron chi connectivity index (χ2n) is 5.49. The number of thiocarbonyl (C=S) groups is 1. The van der Waals surface area contributed by atoms with E-state index in [4.69, 9.17) is 16.6 Å². The van der Waals surface area contributed by atoms with Gasteiger partial charge in [-0.25, -0.2) is 0 Å². The molecule has 0 saturated carbocycles. The number of furan rings is 1. The van der Waals surface area contributed by atoms with E-state index in [-0.39, 0.29) is 12.1 Å². The molecule has 1 aliphatic rings. The molecule has 0 aliphatic carbocycles. The van der Waals surface area contributed by atoms with Gasteiger partial charge in [-0.05, 0) is 60.7 Å². The van der Waals surface area contributed by atoms with Gasteiger partial charge in [-0.3, -0.25) is 4.98 Å². The van der Waals surface area contributed by atoms with Crippen LogP contribution in [0.25, 0.3) is 0 Å². The van der Waals surface area contributed by atoms with Crippen molar-refractivity contribution in [2.75, 3.05) is 4.90 Å². The van der Waals surface area contributed by atoms with E-state index in [0.29, 0.717) is 5.11 Å². The number of rotatable bonds is 3. The van der Waals surface area contributed by atoms with Crippen LogP contribution in [0.3, 0.4) is 0 Å². The number of pyridine rings is 1. The van der Waals surface area contributed by atoms with Crippen molar-refractivity contribution in [3.63, 3.8) is 0 Å². The summed E-state index contributed by atoms with van der Waals surface area (Å²) >= 11 is 9.09. The fraction of sp³-hybridized carbons (Fsp3) is 0.111. The summed E-state index contributed by atoms with van der Waals surface area (Å²) in [6.07, 6.45) is 3.48. The van der Waals surface area contributed by atoms with Crippen LogP contribution in [0, 0.1) is 0 Å².